The van der Waals surface area contributed by atoms with Gasteiger partial charge in [-0.05, 0) is 31.2 Å². The molecule has 0 bridgehead atoms. The number of nitrogens with zero attached hydrogens (tertiary/aromatic N) is 2. The number of hydrogen-bond donors (Lipinski definition) is 2. The summed E-state index contributed by atoms with van der Waals surface area (Å²) >= 11 is 1.21. The van der Waals surface area contributed by atoms with E-state index in [0.29, 0.717) is 29.0 Å². The second-order valence-corrected chi connectivity index (χ2v) is 9.75. The van der Waals surface area contributed by atoms with Crippen LogP contribution in [-0.4, -0.2) is 52.5 Å². The lowest BCUT2D eigenvalue weighted by Gasteiger charge is -2.17. The minimum absolute atomic E-state index is 0. The number of hydrogen-bond acceptors (Lipinski definition) is 5. The molecule has 0 spiro atoms. The van der Waals surface area contributed by atoms with Crippen molar-refractivity contribution in [2.45, 2.75) is 23.8 Å². The monoisotopic (exact) mass is 556 g/mol. The predicted molar refractivity (Wildman–Crippen MR) is 125 cm³/mol. The fourth-order valence-corrected chi connectivity index (χ4v) is 4.68. The Morgan fingerprint density at radius 3 is 2.62 bits per heavy atom. The Morgan fingerprint density at radius 1 is 1.28 bits per heavy atom. The van der Waals surface area contributed by atoms with Crippen LogP contribution in [0, 0.1) is 5.82 Å². The van der Waals surface area contributed by atoms with Crippen molar-refractivity contribution >= 4 is 51.3 Å². The molecule has 1 aromatic carbocycles. The first-order chi connectivity index (χ1) is 13.2. The molecule has 2 aromatic rings. The lowest BCUT2D eigenvalue weighted by molar-refractivity contribution is 0.223. The summed E-state index contributed by atoms with van der Waals surface area (Å²) < 4.78 is 44.6. The molecular weight excluding hydrogens is 530 g/mol. The molecule has 11 heteroatoms. The third-order valence-corrected chi connectivity index (χ3v) is 7.08. The third kappa shape index (κ3) is 7.72. The summed E-state index contributed by atoms with van der Waals surface area (Å²) in [6.07, 6.45) is -0.209. The first kappa shape index (κ1) is 25.6. The van der Waals surface area contributed by atoms with Crippen LogP contribution in [0.4, 0.5) is 4.39 Å². The molecule has 0 radical (unpaired) electrons. The minimum Gasteiger partial charge on any atom is -0.489 e. The molecule has 0 amide bonds. The van der Waals surface area contributed by atoms with E-state index in [4.69, 9.17) is 4.74 Å². The van der Waals surface area contributed by atoms with E-state index in [1.54, 1.807) is 31.3 Å². The van der Waals surface area contributed by atoms with Crippen molar-refractivity contribution < 1.29 is 17.5 Å². The van der Waals surface area contributed by atoms with E-state index in [-0.39, 0.29) is 35.9 Å². The highest BCUT2D eigenvalue weighted by Crippen LogP contribution is 2.23. The average molecular weight is 556 g/mol. The number of benzene rings is 1. The van der Waals surface area contributed by atoms with Crippen molar-refractivity contribution in [3.8, 4) is 5.75 Å². The Kier molecular flexibility index (Phi) is 10.3. The Hall–Kier alpha value is -1.44. The first-order valence-corrected chi connectivity index (χ1v) is 10.9. The molecule has 0 aliphatic carbocycles. The van der Waals surface area contributed by atoms with Gasteiger partial charge >= 0.3 is 0 Å². The van der Waals surface area contributed by atoms with E-state index in [2.05, 4.69) is 15.6 Å². The van der Waals surface area contributed by atoms with Crippen LogP contribution >= 0.6 is 35.3 Å². The Balaban J connectivity index is 0.00000420. The van der Waals surface area contributed by atoms with Crippen LogP contribution < -0.4 is 15.4 Å². The van der Waals surface area contributed by atoms with E-state index in [0.717, 1.165) is 4.88 Å². The van der Waals surface area contributed by atoms with Gasteiger partial charge in [0.15, 0.2) is 5.96 Å². The number of ether oxygens (including phenoxy) is 1. The molecule has 2 rings (SSSR count). The van der Waals surface area contributed by atoms with E-state index in [1.165, 1.54) is 41.9 Å². The molecule has 0 aliphatic heterocycles. The molecule has 162 valence electrons. The van der Waals surface area contributed by atoms with Crippen LogP contribution in [0.5, 0.6) is 5.75 Å². The highest BCUT2D eigenvalue weighted by Gasteiger charge is 2.19. The van der Waals surface area contributed by atoms with E-state index in [1.807, 2.05) is 6.92 Å². The molecular formula is C18H26FIN4O3S2. The number of halogens is 2. The summed E-state index contributed by atoms with van der Waals surface area (Å²) in [7, 11) is 1.23. The minimum atomic E-state index is -3.42. The summed E-state index contributed by atoms with van der Waals surface area (Å²) in [5.41, 5.74) is 0. The Morgan fingerprint density at radius 2 is 2.00 bits per heavy atom. The van der Waals surface area contributed by atoms with Gasteiger partial charge in [0.1, 0.15) is 21.9 Å². The van der Waals surface area contributed by atoms with E-state index >= 15 is 0 Å². The Bertz CT molecular complexity index is 919. The third-order valence-electron chi connectivity index (χ3n) is 3.72. The van der Waals surface area contributed by atoms with Crippen LogP contribution in [0.1, 0.15) is 11.8 Å². The molecule has 1 atom stereocenters. The van der Waals surface area contributed by atoms with Gasteiger partial charge in [0, 0.05) is 32.1 Å². The largest absolute Gasteiger partial charge is 0.489 e. The molecule has 1 aromatic heterocycles. The van der Waals surface area contributed by atoms with Crippen LogP contribution in [0.25, 0.3) is 0 Å². The lowest BCUT2D eigenvalue weighted by Crippen LogP contribution is -2.41. The van der Waals surface area contributed by atoms with Gasteiger partial charge in [0.2, 0.25) is 0 Å². The molecule has 2 N–H and O–H groups in total. The number of sulfonamides is 1. The first-order valence-electron chi connectivity index (χ1n) is 8.60. The fraction of sp³-hybridized carbons (Fsp3) is 0.389. The smallest absolute Gasteiger partial charge is 0.252 e. The van der Waals surface area contributed by atoms with Crippen LogP contribution in [0.15, 0.2) is 45.6 Å². The maximum atomic E-state index is 13.2. The molecule has 29 heavy (non-hydrogen) atoms. The molecule has 0 saturated carbocycles. The zero-order chi connectivity index (χ0) is 20.7. The standard InChI is InChI=1S/C18H25FN4O3S2.HI/c1-13(26-15-7-5-6-14(19)10-15)11-21-18(20-2)22-12-16-8-9-17(27-16)28(24,25)23(3)4;/h5-10,13H,11-12H2,1-4H3,(H2,20,21,22);1H. The van der Waals surface area contributed by atoms with Crippen molar-refractivity contribution in [1.29, 1.82) is 0 Å². The normalized spacial score (nSPS) is 13.0. The highest BCUT2D eigenvalue weighted by molar-refractivity contribution is 14.0. The molecule has 0 fully saturated rings. The van der Waals surface area contributed by atoms with Gasteiger partial charge in [-0.3, -0.25) is 4.99 Å². The molecule has 1 unspecified atom stereocenters. The summed E-state index contributed by atoms with van der Waals surface area (Å²) in [6, 6.07) is 9.36. The maximum Gasteiger partial charge on any atom is 0.252 e. The van der Waals surface area contributed by atoms with Crippen molar-refractivity contribution in [2.75, 3.05) is 27.7 Å². The molecule has 0 aliphatic rings. The Labute approximate surface area is 192 Å². The zero-order valence-electron chi connectivity index (χ0n) is 16.7. The quantitative estimate of drug-likeness (QED) is 0.297. The maximum absolute atomic E-state index is 13.2. The van der Waals surface area contributed by atoms with Crippen molar-refractivity contribution in [3.63, 3.8) is 0 Å². The topological polar surface area (TPSA) is 83.0 Å². The fourth-order valence-electron chi connectivity index (χ4n) is 2.22. The van der Waals surface area contributed by atoms with Crippen LogP contribution in [0.3, 0.4) is 0 Å². The summed E-state index contributed by atoms with van der Waals surface area (Å²) in [5.74, 6) is 0.673. The number of aliphatic imine (C=N–C) groups is 1. The van der Waals surface area contributed by atoms with E-state index in [9.17, 15) is 12.8 Å². The van der Waals surface area contributed by atoms with E-state index < -0.39 is 10.0 Å². The summed E-state index contributed by atoms with van der Waals surface area (Å²) in [4.78, 5) is 5.01. The van der Waals surface area contributed by atoms with Gasteiger partial charge in [0.25, 0.3) is 10.0 Å². The second-order valence-electron chi connectivity index (χ2n) is 6.20. The lowest BCUT2D eigenvalue weighted by atomic mass is 10.3. The highest BCUT2D eigenvalue weighted by atomic mass is 127. The summed E-state index contributed by atoms with van der Waals surface area (Å²) in [5, 5.41) is 6.26. The van der Waals surface area contributed by atoms with Crippen LogP contribution in [0.2, 0.25) is 0 Å². The summed E-state index contributed by atoms with van der Waals surface area (Å²) in [6.45, 7) is 2.76. The van der Waals surface area contributed by atoms with Crippen LogP contribution in [-0.2, 0) is 16.6 Å². The number of nitrogens with one attached hydrogen (secondary N) is 2. The van der Waals surface area contributed by atoms with Gasteiger partial charge in [-0.1, -0.05) is 6.07 Å². The number of guanidine groups is 1. The van der Waals surface area contributed by atoms with Crippen molar-refractivity contribution in [1.82, 2.24) is 14.9 Å². The zero-order valence-corrected chi connectivity index (χ0v) is 20.6. The SMILES string of the molecule is CN=C(NCc1ccc(S(=O)(=O)N(C)C)s1)NCC(C)Oc1cccc(F)c1.I. The number of rotatable bonds is 8. The molecule has 1 heterocycles. The van der Waals surface area contributed by atoms with Gasteiger partial charge in [0.05, 0.1) is 13.1 Å². The average Bonchev–Trinajstić information content (AvgIpc) is 3.11. The molecule has 0 saturated heterocycles. The van der Waals surface area contributed by atoms with Gasteiger partial charge in [-0.15, -0.1) is 35.3 Å². The van der Waals surface area contributed by atoms with Crippen molar-refractivity contribution in [3.05, 3.63) is 47.1 Å². The van der Waals surface area contributed by atoms with Gasteiger partial charge in [-0.25, -0.2) is 17.1 Å². The predicted octanol–water partition coefficient (Wildman–Crippen LogP) is 2.89. The second kappa shape index (κ2) is 11.7. The van der Waals surface area contributed by atoms with Crippen molar-refractivity contribution in [2.24, 2.45) is 4.99 Å². The van der Waals surface area contributed by atoms with Gasteiger partial charge in [-0.2, -0.15) is 0 Å². The molecule has 7 nitrogen and oxygen atoms in total. The number of thiophene rings is 1. The van der Waals surface area contributed by atoms with Gasteiger partial charge < -0.3 is 15.4 Å².